The van der Waals surface area contributed by atoms with E-state index in [1.165, 1.54) is 19.3 Å². The topological polar surface area (TPSA) is 128 Å². The molecule has 12 heteroatoms. The van der Waals surface area contributed by atoms with Crippen molar-refractivity contribution >= 4 is 44.2 Å². The van der Waals surface area contributed by atoms with Gasteiger partial charge >= 0.3 is 0 Å². The van der Waals surface area contributed by atoms with Crippen LogP contribution in [-0.2, 0) is 14.8 Å². The van der Waals surface area contributed by atoms with Crippen LogP contribution in [0.5, 0.6) is 0 Å². The minimum absolute atomic E-state index is 0.0585. The molecule has 0 atom stereocenters. The second-order valence-electron chi connectivity index (χ2n) is 8.92. The zero-order valence-corrected chi connectivity index (χ0v) is 20.7. The van der Waals surface area contributed by atoms with Crippen LogP contribution in [0.4, 0.5) is 17.3 Å². The average molecular weight is 495 g/mol. The first-order chi connectivity index (χ1) is 16.6. The van der Waals surface area contributed by atoms with Crippen LogP contribution in [0.2, 0.25) is 0 Å². The molecule has 1 amide bonds. The van der Waals surface area contributed by atoms with Gasteiger partial charge in [0.15, 0.2) is 5.82 Å². The molecule has 182 valence electrons. The monoisotopic (exact) mass is 494 g/mol. The molecule has 1 N–H and O–H groups in total. The number of pyridine rings is 1. The van der Waals surface area contributed by atoms with Crippen molar-refractivity contribution in [3.8, 4) is 11.4 Å². The number of fused-ring (bicyclic) bond motifs is 1. The predicted molar refractivity (Wildman–Crippen MR) is 133 cm³/mol. The van der Waals surface area contributed by atoms with Gasteiger partial charge in [-0.25, -0.2) is 23.4 Å². The van der Waals surface area contributed by atoms with Crippen molar-refractivity contribution in [1.82, 2.24) is 28.7 Å². The summed E-state index contributed by atoms with van der Waals surface area (Å²) < 4.78 is 28.0. The molecule has 0 aromatic carbocycles. The van der Waals surface area contributed by atoms with E-state index in [0.29, 0.717) is 35.9 Å². The zero-order valence-electron chi connectivity index (χ0n) is 19.9. The van der Waals surface area contributed by atoms with Crippen LogP contribution in [0.1, 0.15) is 39.7 Å². The van der Waals surface area contributed by atoms with Crippen molar-refractivity contribution < 1.29 is 13.2 Å². The van der Waals surface area contributed by atoms with E-state index in [4.69, 9.17) is 0 Å². The molecule has 4 aromatic heterocycles. The van der Waals surface area contributed by atoms with E-state index in [9.17, 15) is 13.2 Å². The first-order valence-electron chi connectivity index (χ1n) is 11.3. The molecule has 4 aromatic rings. The summed E-state index contributed by atoms with van der Waals surface area (Å²) in [5, 5.41) is 7.73. The first kappa shape index (κ1) is 23.0. The Morgan fingerprint density at radius 1 is 1.17 bits per heavy atom. The lowest BCUT2D eigenvalue weighted by Gasteiger charge is -2.13. The minimum atomic E-state index is -3.46. The molecule has 11 nitrogen and oxygen atoms in total. The molecule has 1 aliphatic rings. The lowest BCUT2D eigenvalue weighted by Crippen LogP contribution is -2.22. The molecule has 1 fully saturated rings. The van der Waals surface area contributed by atoms with Crippen LogP contribution in [0.25, 0.3) is 22.3 Å². The summed E-state index contributed by atoms with van der Waals surface area (Å²) in [7, 11) is -1.71. The van der Waals surface area contributed by atoms with Gasteiger partial charge in [-0.3, -0.25) is 4.79 Å². The van der Waals surface area contributed by atoms with Crippen LogP contribution >= 0.6 is 0 Å². The predicted octanol–water partition coefficient (Wildman–Crippen LogP) is 3.34. The Bertz CT molecular complexity index is 1540. The number of nitrogens with one attached hydrogen (secondary N) is 1. The highest BCUT2D eigenvalue weighted by atomic mass is 32.2. The molecule has 5 rings (SSSR count). The smallest absolute Gasteiger partial charge is 0.256 e. The van der Waals surface area contributed by atoms with Gasteiger partial charge in [-0.1, -0.05) is 0 Å². The summed E-state index contributed by atoms with van der Waals surface area (Å²) in [5.41, 5.74) is 2.23. The van der Waals surface area contributed by atoms with Gasteiger partial charge in [-0.05, 0) is 32.8 Å². The Kier molecular flexibility index (Phi) is 5.55. The number of amides is 1. The average Bonchev–Trinajstić information content (AvgIpc) is 3.44. The number of aromatic nitrogens is 6. The molecule has 0 aliphatic heterocycles. The number of hydrogen-bond donors (Lipinski definition) is 1. The van der Waals surface area contributed by atoms with E-state index in [0.717, 1.165) is 20.7 Å². The first-order valence-corrected chi connectivity index (χ1v) is 12.8. The fourth-order valence-electron chi connectivity index (χ4n) is 3.84. The summed E-state index contributed by atoms with van der Waals surface area (Å²) in [5.74, 6) is 1.37. The second kappa shape index (κ2) is 8.45. The molecular formula is C23H26N8O3S. The maximum Gasteiger partial charge on any atom is 0.256 e. The number of carbonyl (C=O) groups is 1. The van der Waals surface area contributed by atoms with Gasteiger partial charge in [0.05, 0.1) is 34.4 Å². The largest absolute Gasteiger partial charge is 0.343 e. The van der Waals surface area contributed by atoms with Gasteiger partial charge in [0, 0.05) is 50.1 Å². The van der Waals surface area contributed by atoms with E-state index in [-0.39, 0.29) is 17.2 Å². The highest BCUT2D eigenvalue weighted by Crippen LogP contribution is 2.33. The number of rotatable bonds is 7. The van der Waals surface area contributed by atoms with E-state index in [2.05, 4.69) is 43.8 Å². The van der Waals surface area contributed by atoms with Crippen LogP contribution in [0.3, 0.4) is 0 Å². The van der Waals surface area contributed by atoms with Crippen LogP contribution in [-0.4, -0.2) is 55.3 Å². The maximum absolute atomic E-state index is 12.4. The summed E-state index contributed by atoms with van der Waals surface area (Å²) in [6.45, 7) is 5.68. The molecule has 0 bridgehead atoms. The Morgan fingerprint density at radius 2 is 1.94 bits per heavy atom. The van der Waals surface area contributed by atoms with Crippen molar-refractivity contribution in [3.05, 3.63) is 43.1 Å². The van der Waals surface area contributed by atoms with Gasteiger partial charge in [-0.15, -0.1) is 0 Å². The maximum atomic E-state index is 12.4. The third-order valence-corrected chi connectivity index (χ3v) is 8.06. The lowest BCUT2D eigenvalue weighted by molar-refractivity contribution is -0.116. The second-order valence-corrected chi connectivity index (χ2v) is 11.0. The van der Waals surface area contributed by atoms with E-state index < -0.39 is 10.0 Å². The van der Waals surface area contributed by atoms with E-state index >= 15 is 0 Å². The number of hydrogen-bond acceptors (Lipinski definition) is 8. The summed E-state index contributed by atoms with van der Waals surface area (Å²) in [4.78, 5) is 26.9. The number of carbonyl (C=O) groups excluding carboxylic acids is 1. The fraction of sp³-hybridized carbons (Fsp3) is 0.348. The quantitative estimate of drug-likeness (QED) is 0.414. The summed E-state index contributed by atoms with van der Waals surface area (Å²) in [6.07, 6.45) is 9.51. The van der Waals surface area contributed by atoms with Crippen molar-refractivity contribution in [3.63, 3.8) is 0 Å². The molecule has 1 saturated carbocycles. The van der Waals surface area contributed by atoms with Crippen LogP contribution in [0, 0.1) is 0 Å². The molecule has 0 radical (unpaired) electrons. The molecule has 0 saturated heterocycles. The standard InChI is InChI=1S/C23H26N8O3S/c1-14(2)30-13-20(29(4)15(3)32)18-11-25-22(9-19(18)30)27-21-7-8-24-23(28-21)16-10-26-31(12-16)35(33,34)17-5-6-17/h7-14,17H,5-6H2,1-4H3,(H,24,25,27,28). The van der Waals surface area contributed by atoms with Gasteiger partial charge in [0.1, 0.15) is 11.6 Å². The molecule has 0 unspecified atom stereocenters. The van der Waals surface area contributed by atoms with Crippen LogP contribution < -0.4 is 10.2 Å². The van der Waals surface area contributed by atoms with Gasteiger partial charge in [0.25, 0.3) is 10.0 Å². The van der Waals surface area contributed by atoms with E-state index in [1.54, 1.807) is 30.4 Å². The van der Waals surface area contributed by atoms with Crippen molar-refractivity contribution in [2.75, 3.05) is 17.3 Å². The zero-order chi connectivity index (χ0) is 24.9. The molecule has 35 heavy (non-hydrogen) atoms. The Balaban J connectivity index is 1.45. The number of nitrogens with zero attached hydrogens (tertiary/aromatic N) is 7. The van der Waals surface area contributed by atoms with Crippen molar-refractivity contribution in [1.29, 1.82) is 0 Å². The SMILES string of the molecule is CC(=O)N(C)c1cn(C(C)C)c2cc(Nc3ccnc(-c4cnn(S(=O)(=O)C5CC5)c4)n3)ncc12. The molecule has 4 heterocycles. The Morgan fingerprint density at radius 3 is 2.63 bits per heavy atom. The van der Waals surface area contributed by atoms with Crippen molar-refractivity contribution in [2.45, 2.75) is 44.9 Å². The summed E-state index contributed by atoms with van der Waals surface area (Å²) in [6, 6.07) is 3.79. The third kappa shape index (κ3) is 4.25. The Hall–Kier alpha value is -3.80. The van der Waals surface area contributed by atoms with Crippen molar-refractivity contribution in [2.24, 2.45) is 0 Å². The van der Waals surface area contributed by atoms with Gasteiger partial charge in [0.2, 0.25) is 5.91 Å². The van der Waals surface area contributed by atoms with E-state index in [1.807, 2.05) is 12.3 Å². The molecule has 1 aliphatic carbocycles. The third-order valence-electron chi connectivity index (χ3n) is 6.02. The molecule has 0 spiro atoms. The Labute approximate surface area is 202 Å². The highest BCUT2D eigenvalue weighted by molar-refractivity contribution is 7.90. The number of anilines is 3. The minimum Gasteiger partial charge on any atom is -0.343 e. The van der Waals surface area contributed by atoms with Gasteiger partial charge in [-0.2, -0.15) is 9.19 Å². The molecular weight excluding hydrogens is 468 g/mol. The fourth-order valence-corrected chi connectivity index (χ4v) is 5.31. The highest BCUT2D eigenvalue weighted by Gasteiger charge is 2.37. The normalized spacial score (nSPS) is 14.0. The van der Waals surface area contributed by atoms with Gasteiger partial charge < -0.3 is 14.8 Å². The summed E-state index contributed by atoms with van der Waals surface area (Å²) >= 11 is 0. The van der Waals surface area contributed by atoms with Crippen LogP contribution in [0.15, 0.2) is 43.1 Å². The lowest BCUT2D eigenvalue weighted by atomic mass is 10.2.